The van der Waals surface area contributed by atoms with E-state index in [-0.39, 0.29) is 0 Å². The van der Waals surface area contributed by atoms with Crippen molar-refractivity contribution in [3.63, 3.8) is 0 Å². The van der Waals surface area contributed by atoms with Crippen LogP contribution in [0, 0.1) is 6.92 Å². The van der Waals surface area contributed by atoms with Gasteiger partial charge in [0.1, 0.15) is 0 Å². The van der Waals surface area contributed by atoms with Crippen LogP contribution in [-0.4, -0.2) is 19.5 Å². The van der Waals surface area contributed by atoms with Gasteiger partial charge in [0.2, 0.25) is 0 Å². The summed E-state index contributed by atoms with van der Waals surface area (Å²) in [6, 6.07) is 8.68. The first-order valence-corrected chi connectivity index (χ1v) is 6.29. The molecule has 0 unspecified atom stereocenters. The Labute approximate surface area is 88.1 Å². The van der Waals surface area contributed by atoms with E-state index in [1.54, 1.807) is 0 Å². The van der Waals surface area contributed by atoms with Crippen molar-refractivity contribution in [2.75, 3.05) is 0 Å². The molecule has 1 aromatic carbocycles. The molecule has 0 fully saturated rings. The number of nitrogens with zero attached hydrogens (tertiary/aromatic N) is 1. The molecule has 0 amide bonds. The second-order valence-electron chi connectivity index (χ2n) is 3.43. The van der Waals surface area contributed by atoms with Crippen molar-refractivity contribution in [1.29, 1.82) is 0 Å². The third-order valence-electron chi connectivity index (χ3n) is 2.48. The fraction of sp³-hybridized carbons (Fsp3) is 0.0833. The Morgan fingerprint density at radius 1 is 1.07 bits per heavy atom. The van der Waals surface area contributed by atoms with Gasteiger partial charge in [-0.05, 0) is 0 Å². The summed E-state index contributed by atoms with van der Waals surface area (Å²) in [5.41, 5.74) is 1.30. The van der Waals surface area contributed by atoms with E-state index in [0.29, 0.717) is 14.5 Å². The van der Waals surface area contributed by atoms with Gasteiger partial charge in [0.15, 0.2) is 0 Å². The van der Waals surface area contributed by atoms with E-state index < -0.39 is 0 Å². The van der Waals surface area contributed by atoms with Gasteiger partial charge in [-0.2, -0.15) is 0 Å². The van der Waals surface area contributed by atoms with Gasteiger partial charge in [-0.1, -0.05) is 0 Å². The van der Waals surface area contributed by atoms with Crippen LogP contribution in [0.2, 0.25) is 0 Å². The van der Waals surface area contributed by atoms with Crippen LogP contribution in [-0.2, 0) is 0 Å². The van der Waals surface area contributed by atoms with E-state index >= 15 is 0 Å². The van der Waals surface area contributed by atoms with Crippen molar-refractivity contribution in [1.82, 2.24) is 4.98 Å². The Morgan fingerprint density at radius 3 is 2.86 bits per heavy atom. The van der Waals surface area contributed by atoms with E-state index in [1.165, 1.54) is 24.9 Å². The molecule has 0 spiro atoms. The van der Waals surface area contributed by atoms with Crippen LogP contribution in [0.4, 0.5) is 0 Å². The summed E-state index contributed by atoms with van der Waals surface area (Å²) in [5, 5.41) is 2.85. The average Bonchev–Trinajstić information content (AvgIpc) is 2.57. The first-order chi connectivity index (χ1) is 6.86. The zero-order chi connectivity index (χ0) is 9.54. The van der Waals surface area contributed by atoms with Crippen molar-refractivity contribution in [2.24, 2.45) is 0 Å². The van der Waals surface area contributed by atoms with Crippen molar-refractivity contribution in [3.05, 3.63) is 42.2 Å². The van der Waals surface area contributed by atoms with Crippen LogP contribution >= 0.6 is 0 Å². The standard InChI is InChI=1S/C12H9NSe/c1-8-6-13-7-11-12(8)9-4-2-3-5-10(9)14-11/h2-7H,1H3. The minimum absolute atomic E-state index is 0.463. The molecule has 0 saturated heterocycles. The monoisotopic (exact) mass is 247 g/mol. The second-order valence-corrected chi connectivity index (χ2v) is 5.70. The van der Waals surface area contributed by atoms with Gasteiger partial charge >= 0.3 is 87.9 Å². The third kappa shape index (κ3) is 1.05. The van der Waals surface area contributed by atoms with E-state index in [0.717, 1.165) is 0 Å². The molecule has 0 atom stereocenters. The van der Waals surface area contributed by atoms with E-state index in [9.17, 15) is 0 Å². The van der Waals surface area contributed by atoms with Gasteiger partial charge in [-0.3, -0.25) is 0 Å². The van der Waals surface area contributed by atoms with Gasteiger partial charge in [0.25, 0.3) is 0 Å². The molecule has 2 aromatic heterocycles. The number of hydrogen-bond donors (Lipinski definition) is 0. The number of rotatable bonds is 0. The number of aryl methyl sites for hydroxylation is 1. The Bertz CT molecular complexity index is 610. The van der Waals surface area contributed by atoms with Crippen LogP contribution in [0.3, 0.4) is 0 Å². The van der Waals surface area contributed by atoms with Gasteiger partial charge in [0.05, 0.1) is 0 Å². The topological polar surface area (TPSA) is 12.9 Å². The predicted molar refractivity (Wildman–Crippen MR) is 60.9 cm³/mol. The third-order valence-corrected chi connectivity index (χ3v) is 4.80. The fourth-order valence-corrected chi connectivity index (χ4v) is 4.26. The van der Waals surface area contributed by atoms with Crippen LogP contribution in [0.1, 0.15) is 5.56 Å². The average molecular weight is 246 g/mol. The van der Waals surface area contributed by atoms with Crippen LogP contribution in [0.5, 0.6) is 0 Å². The second kappa shape index (κ2) is 2.94. The Morgan fingerprint density at radius 2 is 1.93 bits per heavy atom. The Kier molecular flexibility index (Phi) is 1.73. The number of fused-ring (bicyclic) bond motifs is 3. The molecule has 3 aromatic rings. The van der Waals surface area contributed by atoms with Crippen molar-refractivity contribution in [2.45, 2.75) is 6.92 Å². The summed E-state index contributed by atoms with van der Waals surface area (Å²) < 4.78 is 2.92. The number of aromatic nitrogens is 1. The SMILES string of the molecule is Cc1cncc2[se]c3ccccc3c12. The maximum absolute atomic E-state index is 4.25. The molecule has 0 aliphatic carbocycles. The molecule has 1 nitrogen and oxygen atoms in total. The van der Waals surface area contributed by atoms with Gasteiger partial charge in [-0.15, -0.1) is 0 Å². The summed E-state index contributed by atoms with van der Waals surface area (Å²) in [6.45, 7) is 2.14. The zero-order valence-electron chi connectivity index (χ0n) is 7.82. The molecule has 2 heterocycles. The number of benzene rings is 1. The molecular formula is C12H9NSe. The van der Waals surface area contributed by atoms with E-state index in [2.05, 4.69) is 36.2 Å². The minimum atomic E-state index is 0.463. The maximum atomic E-state index is 4.25. The van der Waals surface area contributed by atoms with E-state index in [1.807, 2.05) is 12.4 Å². The molecule has 0 aliphatic rings. The van der Waals surface area contributed by atoms with E-state index in [4.69, 9.17) is 0 Å². The summed E-state index contributed by atoms with van der Waals surface area (Å²) in [5.74, 6) is 0. The molecule has 0 bridgehead atoms. The molecule has 0 radical (unpaired) electrons. The number of pyridine rings is 1. The van der Waals surface area contributed by atoms with Crippen molar-refractivity contribution >= 4 is 33.8 Å². The van der Waals surface area contributed by atoms with Gasteiger partial charge in [-0.25, -0.2) is 0 Å². The van der Waals surface area contributed by atoms with Crippen molar-refractivity contribution in [3.8, 4) is 0 Å². The molecule has 3 rings (SSSR count). The first kappa shape index (κ1) is 8.22. The molecule has 0 aliphatic heterocycles. The Hall–Kier alpha value is -1.11. The fourth-order valence-electron chi connectivity index (χ4n) is 1.84. The van der Waals surface area contributed by atoms with Crippen LogP contribution in [0.15, 0.2) is 36.7 Å². The molecule has 0 saturated carbocycles. The number of hydrogen-bond acceptors (Lipinski definition) is 1. The first-order valence-electron chi connectivity index (χ1n) is 4.58. The molecule has 68 valence electrons. The quantitative estimate of drug-likeness (QED) is 0.556. The summed E-state index contributed by atoms with van der Waals surface area (Å²) >= 11 is 0.463. The molecular weight excluding hydrogens is 237 g/mol. The molecule has 2 heteroatoms. The summed E-state index contributed by atoms with van der Waals surface area (Å²) in [4.78, 5) is 4.25. The van der Waals surface area contributed by atoms with Crippen LogP contribution in [0.25, 0.3) is 19.3 Å². The normalized spacial score (nSPS) is 11.2. The zero-order valence-corrected chi connectivity index (χ0v) is 9.53. The molecule has 0 N–H and O–H groups in total. The predicted octanol–water partition coefficient (Wildman–Crippen LogP) is 2.75. The van der Waals surface area contributed by atoms with Crippen LogP contribution < -0.4 is 0 Å². The van der Waals surface area contributed by atoms with Gasteiger partial charge < -0.3 is 0 Å². The Balaban J connectivity index is 2.65. The molecule has 14 heavy (non-hydrogen) atoms. The van der Waals surface area contributed by atoms with Crippen molar-refractivity contribution < 1.29 is 0 Å². The summed E-state index contributed by atoms with van der Waals surface area (Å²) in [6.07, 6.45) is 3.97. The summed E-state index contributed by atoms with van der Waals surface area (Å²) in [7, 11) is 0. The van der Waals surface area contributed by atoms with Gasteiger partial charge in [0, 0.05) is 0 Å².